The van der Waals surface area contributed by atoms with Crippen molar-refractivity contribution in [1.29, 1.82) is 0 Å². The zero-order valence-electron chi connectivity index (χ0n) is 23.0. The number of aromatic nitrogens is 4. The zero-order valence-corrected chi connectivity index (χ0v) is 23.0. The molecule has 16 nitrogen and oxygen atoms in total. The van der Waals surface area contributed by atoms with Gasteiger partial charge in [-0.15, -0.1) is 0 Å². The molecule has 16 heteroatoms. The van der Waals surface area contributed by atoms with Crippen molar-refractivity contribution in [1.82, 2.24) is 24.8 Å². The molecule has 2 aromatic heterocycles. The molecule has 1 amide bonds. The number of nitrogen functional groups attached to an aromatic ring is 1. The highest BCUT2D eigenvalue weighted by Crippen LogP contribution is 2.39. The molecule has 0 aliphatic carbocycles. The third kappa shape index (κ3) is 5.69. The minimum atomic E-state index is -2.55. The predicted octanol–water partition coefficient (Wildman–Crippen LogP) is -1.08. The summed E-state index contributed by atoms with van der Waals surface area (Å²) in [6.45, 7) is 3.61. The summed E-state index contributed by atoms with van der Waals surface area (Å²) < 4.78 is 17.2. The van der Waals surface area contributed by atoms with Gasteiger partial charge in [0.25, 0.3) is 5.56 Å². The number of imidazole rings is 1. The van der Waals surface area contributed by atoms with Crippen LogP contribution in [0.25, 0.3) is 11.2 Å². The number of hydrogen-bond donors (Lipinski definition) is 6. The number of hydrogen-bond acceptors (Lipinski definition) is 13. The molecule has 1 aromatic carbocycles. The lowest BCUT2D eigenvalue weighted by Crippen LogP contribution is -2.56. The smallest absolute Gasteiger partial charge is 0.408 e. The number of ketones is 1. The van der Waals surface area contributed by atoms with Crippen molar-refractivity contribution in [2.24, 2.45) is 5.92 Å². The molecule has 3 aromatic rings. The zero-order chi connectivity index (χ0) is 30.8. The van der Waals surface area contributed by atoms with Crippen molar-refractivity contribution in [3.8, 4) is 0 Å². The average molecular weight is 589 g/mol. The number of carbonyl (C=O) groups excluding carboxylic acids is 3. The van der Waals surface area contributed by atoms with Crippen LogP contribution in [-0.2, 0) is 36.1 Å². The Balaban J connectivity index is 1.59. The normalized spacial score (nSPS) is 23.5. The van der Waals surface area contributed by atoms with Gasteiger partial charge in [-0.3, -0.25) is 19.1 Å². The van der Waals surface area contributed by atoms with Crippen molar-refractivity contribution in [2.45, 2.75) is 63.6 Å². The van der Waals surface area contributed by atoms with Crippen molar-refractivity contribution < 1.29 is 43.9 Å². The maximum Gasteiger partial charge on any atom is 0.408 e. The number of alkyl carbamates (subject to hydrolysis) is 1. The molecule has 226 valence electrons. The van der Waals surface area contributed by atoms with E-state index in [1.54, 1.807) is 38.1 Å². The third-order valence-corrected chi connectivity index (χ3v) is 6.82. The number of nitrogens with two attached hydrogens (primary N) is 1. The Hall–Kier alpha value is -4.38. The van der Waals surface area contributed by atoms with Gasteiger partial charge in [0.15, 0.2) is 17.3 Å². The first-order valence-corrected chi connectivity index (χ1v) is 13.0. The molecular weight excluding hydrogens is 556 g/mol. The Morgan fingerprint density at radius 2 is 1.90 bits per heavy atom. The van der Waals surface area contributed by atoms with E-state index in [0.29, 0.717) is 0 Å². The van der Waals surface area contributed by atoms with Crippen molar-refractivity contribution in [2.75, 3.05) is 12.3 Å². The third-order valence-electron chi connectivity index (χ3n) is 6.82. The lowest BCUT2D eigenvalue weighted by molar-refractivity contribution is -0.187. The highest BCUT2D eigenvalue weighted by molar-refractivity contribution is 5.93. The van der Waals surface area contributed by atoms with Crippen LogP contribution >= 0.6 is 0 Å². The molecule has 0 unspecified atom stereocenters. The topological polar surface area (TPSA) is 241 Å². The van der Waals surface area contributed by atoms with Gasteiger partial charge in [-0.25, -0.2) is 14.6 Å². The van der Waals surface area contributed by atoms with Gasteiger partial charge in [-0.2, -0.15) is 4.98 Å². The summed E-state index contributed by atoms with van der Waals surface area (Å²) in [4.78, 5) is 62.1. The van der Waals surface area contributed by atoms with E-state index in [1.807, 2.05) is 6.07 Å². The summed E-state index contributed by atoms with van der Waals surface area (Å²) in [5, 5.41) is 33.8. The molecule has 1 aliphatic rings. The van der Waals surface area contributed by atoms with Crippen LogP contribution in [0.2, 0.25) is 0 Å². The summed E-state index contributed by atoms with van der Waals surface area (Å²) in [7, 11) is 0. The van der Waals surface area contributed by atoms with Gasteiger partial charge >= 0.3 is 12.1 Å². The minimum absolute atomic E-state index is 0.0478. The summed E-state index contributed by atoms with van der Waals surface area (Å²) in [6.07, 6.45) is -6.84. The Kier molecular flexibility index (Phi) is 8.91. The Bertz CT molecular complexity index is 1510. The second-order valence-electron chi connectivity index (χ2n) is 10.1. The van der Waals surface area contributed by atoms with Gasteiger partial charge in [0.05, 0.1) is 6.61 Å². The number of amides is 1. The molecule has 1 saturated heterocycles. The fourth-order valence-corrected chi connectivity index (χ4v) is 4.62. The maximum atomic E-state index is 13.9. The molecule has 6 atom stereocenters. The lowest BCUT2D eigenvalue weighted by Gasteiger charge is -2.34. The fourth-order valence-electron chi connectivity index (χ4n) is 4.62. The number of fused-ring (bicyclic) bond motifs is 1. The number of aromatic amines is 1. The first-order valence-electron chi connectivity index (χ1n) is 13.0. The van der Waals surface area contributed by atoms with Crippen LogP contribution < -0.4 is 16.6 Å². The average Bonchev–Trinajstić information content (AvgIpc) is 3.49. The SMILES string of the molecule is CC(C)[C@H](NC(=O)OCc1ccccc1)C(=O)O[C@@H](C)C(=O)[C@@]1(n2cnc3c(=O)[nH]c(N)nc32)O[C@H](CO)[C@@H](O)[C@H]1O. The van der Waals surface area contributed by atoms with Crippen LogP contribution in [-0.4, -0.2) is 89.7 Å². The van der Waals surface area contributed by atoms with E-state index < -0.39 is 72.1 Å². The highest BCUT2D eigenvalue weighted by atomic mass is 16.6. The maximum absolute atomic E-state index is 13.9. The van der Waals surface area contributed by atoms with E-state index in [-0.39, 0.29) is 23.7 Å². The number of ether oxygens (including phenoxy) is 3. The van der Waals surface area contributed by atoms with Gasteiger partial charge < -0.3 is 40.6 Å². The molecule has 0 bridgehead atoms. The second-order valence-corrected chi connectivity index (χ2v) is 10.1. The summed E-state index contributed by atoms with van der Waals surface area (Å²) in [6, 6.07) is 7.63. The number of Topliss-reactive ketones (excluding diaryl/α,β-unsaturated/α-hetero) is 1. The van der Waals surface area contributed by atoms with E-state index in [9.17, 15) is 34.5 Å². The molecule has 42 heavy (non-hydrogen) atoms. The van der Waals surface area contributed by atoms with Crippen molar-refractivity contribution in [3.63, 3.8) is 0 Å². The number of anilines is 1. The molecule has 7 N–H and O–H groups in total. The molecule has 1 aliphatic heterocycles. The summed E-state index contributed by atoms with van der Waals surface area (Å²) >= 11 is 0. The first-order chi connectivity index (χ1) is 19.9. The number of rotatable bonds is 10. The number of H-pyrrole nitrogens is 1. The Labute approximate surface area is 238 Å². The van der Waals surface area contributed by atoms with E-state index in [1.165, 1.54) is 6.92 Å². The second kappa shape index (κ2) is 12.2. The number of esters is 1. The number of benzene rings is 1. The molecule has 0 spiro atoms. The monoisotopic (exact) mass is 588 g/mol. The van der Waals surface area contributed by atoms with Gasteiger partial charge in [0.2, 0.25) is 17.5 Å². The largest absolute Gasteiger partial charge is 0.453 e. The standard InChI is InChI=1S/C26H32N6O10/c1-12(2)16(29-25(39)40-10-14-7-5-4-6-8-14)23(38)41-13(3)19(35)26(20(36)18(34)15(9-33)42-26)32-11-28-17-21(32)30-24(27)31-22(17)37/h4-8,11-13,15-16,18,20,33-34,36H,9-10H2,1-3H3,(H,29,39)(H3,27,30,31,37)/t13-,15+,16-,18+,20+,26+/m0/s1. The molecule has 1 fully saturated rings. The first kappa shape index (κ1) is 30.6. The van der Waals surface area contributed by atoms with Crippen LogP contribution in [0.3, 0.4) is 0 Å². The number of aliphatic hydroxyl groups is 3. The van der Waals surface area contributed by atoms with Crippen LogP contribution in [0.15, 0.2) is 41.5 Å². The fraction of sp³-hybridized carbons (Fsp3) is 0.462. The summed E-state index contributed by atoms with van der Waals surface area (Å²) in [5.74, 6) is -2.93. The summed E-state index contributed by atoms with van der Waals surface area (Å²) in [5.41, 5.74) is 2.54. The number of nitrogens with zero attached hydrogens (tertiary/aromatic N) is 3. The van der Waals surface area contributed by atoms with Crippen LogP contribution in [0.4, 0.5) is 10.7 Å². The van der Waals surface area contributed by atoms with Gasteiger partial charge in [0, 0.05) is 0 Å². The van der Waals surface area contributed by atoms with Crippen LogP contribution in [0, 0.1) is 5.92 Å². The van der Waals surface area contributed by atoms with E-state index in [2.05, 4.69) is 20.3 Å². The predicted molar refractivity (Wildman–Crippen MR) is 143 cm³/mol. The van der Waals surface area contributed by atoms with Gasteiger partial charge in [-0.1, -0.05) is 44.2 Å². The van der Waals surface area contributed by atoms with Crippen molar-refractivity contribution in [3.05, 3.63) is 52.6 Å². The van der Waals surface area contributed by atoms with Crippen LogP contribution in [0.5, 0.6) is 0 Å². The number of nitrogens with one attached hydrogen (secondary N) is 2. The molecule has 3 heterocycles. The van der Waals surface area contributed by atoms with Crippen LogP contribution in [0.1, 0.15) is 26.3 Å². The van der Waals surface area contributed by atoms with Crippen molar-refractivity contribution >= 4 is 35.0 Å². The molecule has 4 rings (SSSR count). The van der Waals surface area contributed by atoms with E-state index in [4.69, 9.17) is 19.9 Å². The molecule has 0 saturated carbocycles. The molecular formula is C26H32N6O10. The molecule has 0 radical (unpaired) electrons. The van der Waals surface area contributed by atoms with Gasteiger partial charge in [-0.05, 0) is 18.4 Å². The number of carbonyl (C=O) groups is 3. The number of aliphatic hydroxyl groups excluding tert-OH is 3. The Morgan fingerprint density at radius 3 is 2.52 bits per heavy atom. The highest BCUT2D eigenvalue weighted by Gasteiger charge is 2.62. The quantitative estimate of drug-likeness (QED) is 0.155. The van der Waals surface area contributed by atoms with E-state index >= 15 is 0 Å². The lowest BCUT2D eigenvalue weighted by atomic mass is 9.95. The Morgan fingerprint density at radius 1 is 1.21 bits per heavy atom. The van der Waals surface area contributed by atoms with Gasteiger partial charge in [0.1, 0.15) is 37.3 Å². The minimum Gasteiger partial charge on any atom is -0.453 e. The van der Waals surface area contributed by atoms with E-state index in [0.717, 1.165) is 16.5 Å².